The Bertz CT molecular complexity index is 683. The Morgan fingerprint density at radius 2 is 1.89 bits per heavy atom. The van der Waals surface area contributed by atoms with Gasteiger partial charge in [0.05, 0.1) is 10.5 Å². The van der Waals surface area contributed by atoms with Crippen LogP contribution in [-0.4, -0.2) is 0 Å². The van der Waals surface area contributed by atoms with Gasteiger partial charge in [0.15, 0.2) is 16.5 Å². The third-order valence-corrected chi connectivity index (χ3v) is 3.09. The van der Waals surface area contributed by atoms with E-state index in [4.69, 9.17) is 10.1 Å². The first-order chi connectivity index (χ1) is 9.01. The average molecular weight is 326 g/mol. The normalized spacial score (nSPS) is 10.1. The molecule has 0 radical (unpaired) electrons. The molecule has 3 nitrogen and oxygen atoms in total. The highest BCUT2D eigenvalue weighted by molar-refractivity contribution is 9.10. The Hall–Kier alpha value is -2.00. The maximum absolute atomic E-state index is 13.5. The molecule has 0 saturated carbocycles. The third-order valence-electron chi connectivity index (χ3n) is 2.47. The van der Waals surface area contributed by atoms with E-state index in [9.17, 15) is 8.78 Å². The van der Waals surface area contributed by atoms with Crippen LogP contribution < -0.4 is 4.74 Å². The zero-order valence-electron chi connectivity index (χ0n) is 9.82. The molecule has 0 aromatic heterocycles. The summed E-state index contributed by atoms with van der Waals surface area (Å²) >= 11 is 3.23. The highest BCUT2D eigenvalue weighted by Gasteiger charge is 2.16. The van der Waals surface area contributed by atoms with Gasteiger partial charge in [-0.15, -0.1) is 0 Å². The molecule has 0 bridgehead atoms. The minimum Gasteiger partial charge on any atom is -0.453 e. The van der Waals surface area contributed by atoms with Crippen molar-refractivity contribution >= 4 is 21.6 Å². The van der Waals surface area contributed by atoms with Crippen LogP contribution in [0.15, 0.2) is 34.8 Å². The molecule has 0 aliphatic carbocycles. The molecule has 0 heterocycles. The van der Waals surface area contributed by atoms with Crippen molar-refractivity contribution in [1.82, 2.24) is 0 Å². The third kappa shape index (κ3) is 2.88. The zero-order chi connectivity index (χ0) is 14.0. The van der Waals surface area contributed by atoms with Gasteiger partial charge < -0.3 is 4.74 Å². The van der Waals surface area contributed by atoms with E-state index in [0.717, 1.165) is 12.1 Å². The van der Waals surface area contributed by atoms with Crippen LogP contribution in [0.25, 0.3) is 4.98 Å². The Kier molecular flexibility index (Phi) is 3.76. The van der Waals surface area contributed by atoms with E-state index in [0.29, 0.717) is 21.5 Å². The molecule has 0 atom stereocenters. The molecule has 0 spiro atoms. The van der Waals surface area contributed by atoms with Crippen molar-refractivity contribution < 1.29 is 13.5 Å². The first kappa shape index (κ1) is 13.4. The largest absolute Gasteiger partial charge is 0.453 e. The second-order valence-electron chi connectivity index (χ2n) is 3.85. The minimum atomic E-state index is -0.791. The summed E-state index contributed by atoms with van der Waals surface area (Å²) in [5.74, 6) is -1.21. The highest BCUT2D eigenvalue weighted by atomic mass is 79.9. The molecule has 0 fully saturated rings. The lowest BCUT2D eigenvalue weighted by molar-refractivity contribution is 0.435. The molecular formula is C13H8BrF2N2O+. The fourth-order valence-electron chi connectivity index (χ4n) is 1.51. The van der Waals surface area contributed by atoms with Gasteiger partial charge in [0.1, 0.15) is 11.6 Å². The number of diazo groups is 1. The number of hydrogen-bond donors (Lipinski definition) is 0. The lowest BCUT2D eigenvalue weighted by atomic mass is 10.2. The van der Waals surface area contributed by atoms with E-state index in [2.05, 4.69) is 20.9 Å². The van der Waals surface area contributed by atoms with E-state index in [1.54, 1.807) is 13.0 Å². The molecule has 0 aliphatic heterocycles. The Labute approximate surface area is 116 Å². The van der Waals surface area contributed by atoms with Crippen LogP contribution >= 0.6 is 15.9 Å². The van der Waals surface area contributed by atoms with Gasteiger partial charge >= 0.3 is 5.69 Å². The molecular weight excluding hydrogens is 318 g/mol. The molecule has 96 valence electrons. The minimum absolute atomic E-state index is 0.0878. The number of aryl methyl sites for hydroxylation is 1. The van der Waals surface area contributed by atoms with Crippen molar-refractivity contribution in [2.45, 2.75) is 6.92 Å². The van der Waals surface area contributed by atoms with Gasteiger partial charge in [-0.05, 0) is 41.1 Å². The van der Waals surface area contributed by atoms with E-state index >= 15 is 0 Å². The smallest absolute Gasteiger partial charge is 0.389 e. The summed E-state index contributed by atoms with van der Waals surface area (Å²) in [5.41, 5.74) is 1.03. The van der Waals surface area contributed by atoms with Gasteiger partial charge in [-0.25, -0.2) is 8.78 Å². The van der Waals surface area contributed by atoms with Crippen molar-refractivity contribution in [3.8, 4) is 11.5 Å². The molecule has 2 rings (SSSR count). The number of rotatable bonds is 2. The van der Waals surface area contributed by atoms with Crippen LogP contribution in [0.3, 0.4) is 0 Å². The Morgan fingerprint density at radius 1 is 1.16 bits per heavy atom. The van der Waals surface area contributed by atoms with Crippen molar-refractivity contribution in [2.75, 3.05) is 0 Å². The van der Waals surface area contributed by atoms with Crippen LogP contribution in [0, 0.1) is 24.0 Å². The topological polar surface area (TPSA) is 37.4 Å². The highest BCUT2D eigenvalue weighted by Crippen LogP contribution is 2.36. The fourth-order valence-corrected chi connectivity index (χ4v) is 1.92. The van der Waals surface area contributed by atoms with Crippen LogP contribution in [0.4, 0.5) is 14.5 Å². The number of hydrogen-bond acceptors (Lipinski definition) is 2. The first-order valence-corrected chi connectivity index (χ1v) is 6.08. The molecule has 0 unspecified atom stereocenters. The zero-order valence-corrected chi connectivity index (χ0v) is 11.4. The summed E-state index contributed by atoms with van der Waals surface area (Å²) in [6, 6.07) is 6.18. The average Bonchev–Trinajstić information content (AvgIpc) is 2.36. The van der Waals surface area contributed by atoms with Crippen LogP contribution in [0.2, 0.25) is 0 Å². The molecule has 0 saturated heterocycles. The predicted octanol–water partition coefficient (Wildman–Crippen LogP) is 5.31. The van der Waals surface area contributed by atoms with Gasteiger partial charge in [0.25, 0.3) is 0 Å². The maximum Gasteiger partial charge on any atom is 0.389 e. The molecule has 2 aromatic carbocycles. The summed E-state index contributed by atoms with van der Waals surface area (Å²) in [7, 11) is 0. The van der Waals surface area contributed by atoms with Crippen LogP contribution in [-0.2, 0) is 0 Å². The lowest BCUT2D eigenvalue weighted by Gasteiger charge is -2.08. The van der Waals surface area contributed by atoms with Crippen LogP contribution in [0.5, 0.6) is 11.5 Å². The summed E-state index contributed by atoms with van der Waals surface area (Å²) in [5, 5.41) is 8.76. The standard InChI is InChI=1S/C13H8BrF2N2O/c1-7-4-13(9(14)6-11(7)18-17)19-12-3-2-8(15)5-10(12)16/h2-6H,1H3/q+1. The number of nitrogens with zero attached hydrogens (tertiary/aromatic N) is 2. The van der Waals surface area contributed by atoms with Crippen LogP contribution in [0.1, 0.15) is 5.56 Å². The van der Waals surface area contributed by atoms with Gasteiger partial charge in [0, 0.05) is 11.6 Å². The predicted molar refractivity (Wildman–Crippen MR) is 70.1 cm³/mol. The van der Waals surface area contributed by atoms with Crippen molar-refractivity contribution in [1.29, 1.82) is 5.39 Å². The van der Waals surface area contributed by atoms with E-state index in [1.807, 2.05) is 0 Å². The quantitative estimate of drug-likeness (QED) is 0.701. The molecule has 0 aliphatic rings. The lowest BCUT2D eigenvalue weighted by Crippen LogP contribution is -1.91. The molecule has 0 amide bonds. The second-order valence-corrected chi connectivity index (χ2v) is 4.70. The van der Waals surface area contributed by atoms with Crippen molar-refractivity contribution in [3.05, 3.63) is 57.0 Å². The van der Waals surface area contributed by atoms with Crippen molar-refractivity contribution in [2.24, 2.45) is 0 Å². The second kappa shape index (κ2) is 5.33. The fraction of sp³-hybridized carbons (Fsp3) is 0.0769. The van der Waals surface area contributed by atoms with Gasteiger partial charge in [-0.2, -0.15) is 0 Å². The maximum atomic E-state index is 13.5. The monoisotopic (exact) mass is 325 g/mol. The molecule has 0 N–H and O–H groups in total. The van der Waals surface area contributed by atoms with E-state index in [1.165, 1.54) is 12.1 Å². The van der Waals surface area contributed by atoms with E-state index < -0.39 is 11.6 Å². The number of benzene rings is 2. The van der Waals surface area contributed by atoms with E-state index in [-0.39, 0.29) is 5.75 Å². The molecule has 6 heteroatoms. The van der Waals surface area contributed by atoms with Gasteiger partial charge in [-0.3, -0.25) is 0 Å². The summed E-state index contributed by atoms with van der Waals surface area (Å²) in [6.07, 6.45) is 0. The summed E-state index contributed by atoms with van der Waals surface area (Å²) in [4.78, 5) is 3.10. The van der Waals surface area contributed by atoms with Gasteiger partial charge in [0.2, 0.25) is 5.39 Å². The molecule has 19 heavy (non-hydrogen) atoms. The SMILES string of the molecule is Cc1cc(Oc2ccc(F)cc2F)c(Br)cc1[N+]#N. The van der Waals surface area contributed by atoms with Crippen molar-refractivity contribution in [3.63, 3.8) is 0 Å². The first-order valence-electron chi connectivity index (χ1n) is 5.29. The Morgan fingerprint density at radius 3 is 2.53 bits per heavy atom. The van der Waals surface area contributed by atoms with Gasteiger partial charge in [-0.1, -0.05) is 0 Å². The number of ether oxygens (including phenoxy) is 1. The summed E-state index contributed by atoms with van der Waals surface area (Å²) in [6.45, 7) is 1.72. The number of halogens is 3. The Balaban J connectivity index is 2.39. The molecule has 2 aromatic rings. The summed E-state index contributed by atoms with van der Waals surface area (Å²) < 4.78 is 32.1.